The highest BCUT2D eigenvalue weighted by molar-refractivity contribution is 5.76. The van der Waals surface area contributed by atoms with E-state index >= 15 is 17.6 Å². The molecule has 0 spiro atoms. The van der Waals surface area contributed by atoms with Crippen molar-refractivity contribution in [3.8, 4) is 0 Å². The van der Waals surface area contributed by atoms with E-state index in [1.807, 2.05) is 0 Å². The Kier molecular flexibility index (Phi) is 13.0. The van der Waals surface area contributed by atoms with E-state index in [1.54, 1.807) is 0 Å². The van der Waals surface area contributed by atoms with Gasteiger partial charge in [-0.15, -0.1) is 0 Å². The van der Waals surface area contributed by atoms with Crippen LogP contribution in [-0.2, 0) is 23.7 Å². The van der Waals surface area contributed by atoms with E-state index in [2.05, 4.69) is 4.74 Å². The lowest BCUT2D eigenvalue weighted by molar-refractivity contribution is -0.589. The number of alkyl halides is 25. The van der Waals surface area contributed by atoms with Gasteiger partial charge in [0, 0.05) is 5.41 Å². The zero-order valence-electron chi connectivity index (χ0n) is 26.6. The Balaban J connectivity index is 7.85. The molecule has 0 saturated heterocycles. The van der Waals surface area contributed by atoms with Gasteiger partial charge in [-0.05, 0) is 11.8 Å². The van der Waals surface area contributed by atoms with Crippen molar-refractivity contribution in [3.63, 3.8) is 0 Å². The second kappa shape index (κ2) is 13.6. The average molecular weight is 868 g/mol. The van der Waals surface area contributed by atoms with Crippen molar-refractivity contribution in [1.82, 2.24) is 0 Å². The molecule has 0 fully saturated rings. The lowest BCUT2D eigenvalue weighted by Gasteiger charge is -2.48. The van der Waals surface area contributed by atoms with Gasteiger partial charge >= 0.3 is 78.5 Å². The van der Waals surface area contributed by atoms with Gasteiger partial charge < -0.3 is 5.11 Å². The van der Waals surface area contributed by atoms with Crippen LogP contribution >= 0.6 is 0 Å². The number of ether oxygens (including phenoxy) is 4. The van der Waals surface area contributed by atoms with E-state index in [9.17, 15) is 97.0 Å². The summed E-state index contributed by atoms with van der Waals surface area (Å²) in [5.41, 5.74) is -9.82. The third kappa shape index (κ3) is 8.90. The highest BCUT2D eigenvalue weighted by atomic mass is 19.4. The van der Waals surface area contributed by atoms with Crippen molar-refractivity contribution < 1.29 is 139 Å². The lowest BCUT2D eigenvalue weighted by atomic mass is 9.69. The molecular formula is C23H21F25O6. The maximum absolute atomic E-state index is 15.8. The first kappa shape index (κ1) is 51.6. The molecule has 0 amide bonds. The second-order valence-corrected chi connectivity index (χ2v) is 12.9. The van der Waals surface area contributed by atoms with E-state index in [4.69, 9.17) is 5.11 Å². The van der Waals surface area contributed by atoms with Crippen LogP contribution in [-0.4, -0.2) is 89.3 Å². The normalized spacial score (nSPS) is 21.0. The zero-order chi connectivity index (χ0) is 44.6. The first-order valence-electron chi connectivity index (χ1n) is 13.0. The predicted molar refractivity (Wildman–Crippen MR) is 119 cm³/mol. The monoisotopic (exact) mass is 868 g/mol. The number of hydrogen-bond donors (Lipinski definition) is 1. The highest BCUT2D eigenvalue weighted by Crippen LogP contribution is 2.62. The molecule has 5 unspecified atom stereocenters. The fourth-order valence-electron chi connectivity index (χ4n) is 3.59. The standard InChI is InChI=1S/C23H21F25O6/c1-9(2,3)7-11(24,10(4,5)6)20(41,42)52-14(27,18(35,36)37)22(45,46)54-15(28,19(38,39)40)23(47,48)53-13(26,17(32,33)34)21(43,44)51-12(25,8(49)50)16(29,30)31/h7H2,1-6H3,(H,49,50). The summed E-state index contributed by atoms with van der Waals surface area (Å²) in [5.74, 6) is -38.1. The minimum Gasteiger partial charge on any atom is -0.477 e. The van der Waals surface area contributed by atoms with Gasteiger partial charge in [0.1, 0.15) is 0 Å². The fraction of sp³-hybridized carbons (Fsp3) is 0.957. The van der Waals surface area contributed by atoms with Gasteiger partial charge in [0.15, 0.2) is 0 Å². The Morgan fingerprint density at radius 2 is 0.648 bits per heavy atom. The van der Waals surface area contributed by atoms with Crippen molar-refractivity contribution in [1.29, 1.82) is 0 Å². The Hall–Kier alpha value is -2.44. The van der Waals surface area contributed by atoms with E-state index in [-0.39, 0.29) is 0 Å². The minimum absolute atomic E-state index is 0.313. The van der Waals surface area contributed by atoms with Crippen molar-refractivity contribution in [2.24, 2.45) is 10.8 Å². The summed E-state index contributed by atoms with van der Waals surface area (Å²) < 4.78 is 355. The molecule has 1 N–H and O–H groups in total. The first-order chi connectivity index (χ1) is 22.7. The molecule has 0 radical (unpaired) electrons. The SMILES string of the molecule is CC(C)(C)CC(F)(C(C)(C)C)C(F)(F)OC(F)(C(F)(F)F)C(F)(F)OC(F)(C(F)(F)F)C(F)(F)OC(F)(C(F)(F)F)C(F)(F)OC(F)(C(=O)O)C(F)(F)F. The maximum Gasteiger partial charge on any atom is 0.460 e. The summed E-state index contributed by atoms with van der Waals surface area (Å²) in [6, 6.07) is 0. The molecular weight excluding hydrogens is 847 g/mol. The average Bonchev–Trinajstić information content (AvgIpc) is 2.82. The molecule has 0 aromatic heterocycles. The number of halogens is 25. The van der Waals surface area contributed by atoms with E-state index < -0.39 is 101 Å². The van der Waals surface area contributed by atoms with Gasteiger partial charge in [-0.1, -0.05) is 41.5 Å². The third-order valence-corrected chi connectivity index (χ3v) is 6.36. The number of rotatable bonds is 14. The van der Waals surface area contributed by atoms with Gasteiger partial charge in [-0.2, -0.15) is 105 Å². The summed E-state index contributed by atoms with van der Waals surface area (Å²) in [4.78, 5) is 10.4. The van der Waals surface area contributed by atoms with Crippen LogP contribution in [0.1, 0.15) is 48.0 Å². The zero-order valence-corrected chi connectivity index (χ0v) is 26.6. The van der Waals surface area contributed by atoms with Crippen LogP contribution in [0, 0.1) is 10.8 Å². The highest BCUT2D eigenvalue weighted by Gasteiger charge is 2.89. The topological polar surface area (TPSA) is 74.2 Å². The molecule has 0 aliphatic rings. The molecule has 5 atom stereocenters. The molecule has 0 aliphatic carbocycles. The summed E-state index contributed by atoms with van der Waals surface area (Å²) in [7, 11) is 0. The van der Waals surface area contributed by atoms with Crippen LogP contribution in [0.2, 0.25) is 0 Å². The summed E-state index contributed by atoms with van der Waals surface area (Å²) in [6.45, 7) is 3.30. The Morgan fingerprint density at radius 3 is 0.833 bits per heavy atom. The quantitative estimate of drug-likeness (QED) is 0.175. The van der Waals surface area contributed by atoms with Crippen LogP contribution in [0.15, 0.2) is 0 Å². The van der Waals surface area contributed by atoms with Crippen molar-refractivity contribution in [2.75, 3.05) is 0 Å². The molecule has 324 valence electrons. The molecule has 31 heteroatoms. The Bertz CT molecular complexity index is 1340. The van der Waals surface area contributed by atoms with Crippen LogP contribution in [0.3, 0.4) is 0 Å². The Labute approximate surface area is 282 Å². The van der Waals surface area contributed by atoms with Crippen molar-refractivity contribution in [3.05, 3.63) is 0 Å². The van der Waals surface area contributed by atoms with Crippen LogP contribution < -0.4 is 0 Å². The molecule has 6 nitrogen and oxygen atoms in total. The van der Waals surface area contributed by atoms with Gasteiger partial charge in [0.25, 0.3) is 0 Å². The van der Waals surface area contributed by atoms with Gasteiger partial charge in [-0.25, -0.2) is 9.18 Å². The molecule has 0 aromatic carbocycles. The number of carboxylic acids is 1. The predicted octanol–water partition coefficient (Wildman–Crippen LogP) is 10.6. The lowest BCUT2D eigenvalue weighted by Crippen LogP contribution is -2.72. The minimum atomic E-state index is -8.98. The molecule has 0 aromatic rings. The van der Waals surface area contributed by atoms with Crippen LogP contribution in [0.25, 0.3) is 0 Å². The van der Waals surface area contributed by atoms with Crippen LogP contribution in [0.4, 0.5) is 110 Å². The first-order valence-corrected chi connectivity index (χ1v) is 13.0. The van der Waals surface area contributed by atoms with E-state index in [1.165, 1.54) is 9.47 Å². The molecule has 0 saturated carbocycles. The molecule has 0 rings (SSSR count). The molecule has 0 heterocycles. The summed E-state index contributed by atoms with van der Waals surface area (Å²) in [5, 5.41) is 8.09. The molecule has 54 heavy (non-hydrogen) atoms. The summed E-state index contributed by atoms with van der Waals surface area (Å²) in [6.07, 6.45) is -68.0. The third-order valence-electron chi connectivity index (χ3n) is 6.36. The van der Waals surface area contributed by atoms with Crippen molar-refractivity contribution >= 4 is 5.97 Å². The number of carbonyl (C=O) groups is 1. The Morgan fingerprint density at radius 1 is 0.407 bits per heavy atom. The van der Waals surface area contributed by atoms with Crippen molar-refractivity contribution in [2.45, 2.75) is 126 Å². The van der Waals surface area contributed by atoms with Crippen LogP contribution in [0.5, 0.6) is 0 Å². The second-order valence-electron chi connectivity index (χ2n) is 12.9. The molecule has 0 aliphatic heterocycles. The largest absolute Gasteiger partial charge is 0.477 e. The number of carboxylic acid groups (broad SMARTS) is 1. The number of hydrogen-bond acceptors (Lipinski definition) is 5. The van der Waals surface area contributed by atoms with E-state index in [0.717, 1.165) is 25.5 Å². The van der Waals surface area contributed by atoms with Gasteiger partial charge in [0.2, 0.25) is 5.67 Å². The van der Waals surface area contributed by atoms with Gasteiger partial charge in [-0.3, -0.25) is 18.9 Å². The maximum atomic E-state index is 15.8. The number of aliphatic carboxylic acids is 1. The smallest absolute Gasteiger partial charge is 0.460 e. The molecule has 0 bridgehead atoms. The fourth-order valence-corrected chi connectivity index (χ4v) is 3.59. The van der Waals surface area contributed by atoms with E-state index in [0.29, 0.717) is 20.8 Å². The van der Waals surface area contributed by atoms with Gasteiger partial charge in [0.05, 0.1) is 0 Å². The summed E-state index contributed by atoms with van der Waals surface area (Å²) >= 11 is 0.